The minimum atomic E-state index is -0.125. The van der Waals surface area contributed by atoms with Crippen LogP contribution in [0.5, 0.6) is 0 Å². The van der Waals surface area contributed by atoms with Crippen LogP contribution in [0.15, 0.2) is 18.2 Å². The second-order valence-electron chi connectivity index (χ2n) is 8.37. The zero-order chi connectivity index (χ0) is 18.6. The third-order valence-electron chi connectivity index (χ3n) is 5.27. The number of nitrogens with zero attached hydrogens (tertiary/aromatic N) is 2. The Kier molecular flexibility index (Phi) is 6.36. The number of hydrogen-bond donors (Lipinski definition) is 1. The maximum absolute atomic E-state index is 12.5. The van der Waals surface area contributed by atoms with E-state index in [0.717, 1.165) is 48.9 Å². The number of hydrogen-bond acceptors (Lipinski definition) is 3. The highest BCUT2D eigenvalue weighted by molar-refractivity contribution is 5.77. The lowest BCUT2D eigenvalue weighted by Crippen LogP contribution is -2.45. The first-order valence-corrected chi connectivity index (χ1v) is 9.66. The van der Waals surface area contributed by atoms with Crippen molar-refractivity contribution in [2.75, 3.05) is 30.3 Å². The highest BCUT2D eigenvalue weighted by Gasteiger charge is 2.24. The van der Waals surface area contributed by atoms with Gasteiger partial charge in [-0.1, -0.05) is 13.0 Å². The van der Waals surface area contributed by atoms with Crippen LogP contribution in [-0.4, -0.2) is 36.0 Å². The van der Waals surface area contributed by atoms with E-state index in [9.17, 15) is 4.79 Å². The quantitative estimate of drug-likeness (QED) is 0.818. The van der Waals surface area contributed by atoms with E-state index in [0.29, 0.717) is 6.42 Å². The van der Waals surface area contributed by atoms with Gasteiger partial charge in [0.1, 0.15) is 0 Å². The monoisotopic (exact) mass is 345 g/mol. The zero-order valence-electron chi connectivity index (χ0n) is 16.6. The van der Waals surface area contributed by atoms with Gasteiger partial charge in [0.15, 0.2) is 0 Å². The van der Waals surface area contributed by atoms with E-state index in [1.807, 2.05) is 17.9 Å². The van der Waals surface area contributed by atoms with Crippen molar-refractivity contribution >= 4 is 17.3 Å². The Bertz CT molecular complexity index is 583. The maximum Gasteiger partial charge on any atom is 0.223 e. The molecule has 4 nitrogen and oxygen atoms in total. The molecule has 0 saturated carbocycles. The van der Waals surface area contributed by atoms with E-state index in [2.05, 4.69) is 44.7 Å². The fraction of sp³-hybridized carbons (Fsp3) is 0.667. The zero-order valence-corrected chi connectivity index (χ0v) is 16.6. The average Bonchev–Trinajstić information content (AvgIpc) is 2.53. The molecule has 25 heavy (non-hydrogen) atoms. The molecule has 4 heteroatoms. The normalized spacial score (nSPS) is 16.1. The predicted octanol–water partition coefficient (Wildman–Crippen LogP) is 4.08. The molecule has 140 valence electrons. The summed E-state index contributed by atoms with van der Waals surface area (Å²) in [6.07, 6.45) is 3.74. The topological polar surface area (TPSA) is 49.6 Å². The molecule has 0 bridgehead atoms. The van der Waals surface area contributed by atoms with E-state index >= 15 is 0 Å². The van der Waals surface area contributed by atoms with E-state index in [1.54, 1.807) is 0 Å². The van der Waals surface area contributed by atoms with Gasteiger partial charge in [-0.05, 0) is 70.6 Å². The average molecular weight is 346 g/mol. The molecule has 1 fully saturated rings. The lowest BCUT2D eigenvalue weighted by Gasteiger charge is -2.35. The molecule has 0 radical (unpaired) electrons. The Labute approximate surface area is 153 Å². The van der Waals surface area contributed by atoms with Crippen molar-refractivity contribution < 1.29 is 4.79 Å². The van der Waals surface area contributed by atoms with Crippen LogP contribution in [0.2, 0.25) is 0 Å². The molecule has 0 aromatic heterocycles. The number of carbonyl (C=O) groups is 1. The van der Waals surface area contributed by atoms with Gasteiger partial charge in [-0.3, -0.25) is 4.79 Å². The minimum Gasteiger partial charge on any atom is -0.397 e. The SMILES string of the molecule is CCN(C(=O)CCc1ccc(N2CCC(C)CC2)c(N)c1)C(C)(C)C. The molecule has 1 heterocycles. The summed E-state index contributed by atoms with van der Waals surface area (Å²) in [6, 6.07) is 6.31. The van der Waals surface area contributed by atoms with Crippen molar-refractivity contribution in [1.82, 2.24) is 4.90 Å². The van der Waals surface area contributed by atoms with Gasteiger partial charge in [-0.25, -0.2) is 0 Å². The van der Waals surface area contributed by atoms with Crippen molar-refractivity contribution in [2.24, 2.45) is 5.92 Å². The molecule has 1 aliphatic rings. The van der Waals surface area contributed by atoms with Gasteiger partial charge < -0.3 is 15.5 Å². The molecule has 0 atom stereocenters. The molecule has 1 aromatic carbocycles. The fourth-order valence-electron chi connectivity index (χ4n) is 3.71. The van der Waals surface area contributed by atoms with Gasteiger partial charge >= 0.3 is 0 Å². The van der Waals surface area contributed by atoms with Crippen molar-refractivity contribution in [3.05, 3.63) is 23.8 Å². The highest BCUT2D eigenvalue weighted by atomic mass is 16.2. The van der Waals surface area contributed by atoms with E-state index in [4.69, 9.17) is 5.73 Å². The second-order valence-corrected chi connectivity index (χ2v) is 8.37. The third kappa shape index (κ3) is 5.13. The van der Waals surface area contributed by atoms with Gasteiger partial charge in [0.25, 0.3) is 0 Å². The number of nitrogens with two attached hydrogens (primary N) is 1. The summed E-state index contributed by atoms with van der Waals surface area (Å²) < 4.78 is 0. The number of benzene rings is 1. The number of aryl methyl sites for hydroxylation is 1. The Morgan fingerprint density at radius 3 is 2.44 bits per heavy atom. The van der Waals surface area contributed by atoms with Gasteiger partial charge in [0, 0.05) is 31.6 Å². The van der Waals surface area contributed by atoms with Crippen LogP contribution in [0.4, 0.5) is 11.4 Å². The Hall–Kier alpha value is -1.71. The number of carbonyl (C=O) groups excluding carboxylic acids is 1. The predicted molar refractivity (Wildman–Crippen MR) is 107 cm³/mol. The van der Waals surface area contributed by atoms with Crippen LogP contribution in [0.25, 0.3) is 0 Å². The molecule has 0 unspecified atom stereocenters. The summed E-state index contributed by atoms with van der Waals surface area (Å²) in [5, 5.41) is 0. The highest BCUT2D eigenvalue weighted by Crippen LogP contribution is 2.29. The molecule has 1 aromatic rings. The van der Waals surface area contributed by atoms with Crippen LogP contribution in [-0.2, 0) is 11.2 Å². The molecule has 2 rings (SSSR count). The summed E-state index contributed by atoms with van der Waals surface area (Å²) >= 11 is 0. The molecule has 1 amide bonds. The van der Waals surface area contributed by atoms with Crippen molar-refractivity contribution in [3.8, 4) is 0 Å². The van der Waals surface area contributed by atoms with Gasteiger partial charge in [0.2, 0.25) is 5.91 Å². The summed E-state index contributed by atoms with van der Waals surface area (Å²) in [5.74, 6) is 1.02. The number of amides is 1. The van der Waals surface area contributed by atoms with Crippen molar-refractivity contribution in [3.63, 3.8) is 0 Å². The fourth-order valence-corrected chi connectivity index (χ4v) is 3.71. The standard InChI is InChI=1S/C21H35N3O/c1-6-24(21(3,4)5)20(25)10-8-17-7-9-19(18(22)15-17)23-13-11-16(2)12-14-23/h7,9,15-16H,6,8,10-14,22H2,1-5H3. The van der Waals surface area contributed by atoms with Crippen molar-refractivity contribution in [2.45, 2.75) is 65.8 Å². The lowest BCUT2D eigenvalue weighted by molar-refractivity contribution is -0.135. The smallest absolute Gasteiger partial charge is 0.223 e. The van der Waals surface area contributed by atoms with Crippen LogP contribution in [0.1, 0.15) is 59.4 Å². The molecular formula is C21H35N3O. The number of piperidine rings is 1. The molecule has 0 spiro atoms. The van der Waals surface area contributed by atoms with Gasteiger partial charge in [-0.2, -0.15) is 0 Å². The Balaban J connectivity index is 1.98. The summed E-state index contributed by atoms with van der Waals surface area (Å²) in [7, 11) is 0. The second kappa shape index (κ2) is 8.11. The van der Waals surface area contributed by atoms with E-state index in [-0.39, 0.29) is 11.4 Å². The first-order chi connectivity index (χ1) is 11.7. The third-order valence-corrected chi connectivity index (χ3v) is 5.27. The largest absolute Gasteiger partial charge is 0.397 e. The van der Waals surface area contributed by atoms with Crippen LogP contribution in [0, 0.1) is 5.92 Å². The molecule has 2 N–H and O–H groups in total. The summed E-state index contributed by atoms with van der Waals surface area (Å²) in [4.78, 5) is 16.8. The number of rotatable bonds is 5. The Morgan fingerprint density at radius 1 is 1.28 bits per heavy atom. The number of anilines is 2. The Morgan fingerprint density at radius 2 is 1.92 bits per heavy atom. The van der Waals surface area contributed by atoms with E-state index < -0.39 is 0 Å². The molecule has 1 aliphatic heterocycles. The van der Waals surface area contributed by atoms with Crippen LogP contribution < -0.4 is 10.6 Å². The molecular weight excluding hydrogens is 310 g/mol. The maximum atomic E-state index is 12.5. The van der Waals surface area contributed by atoms with Crippen LogP contribution >= 0.6 is 0 Å². The summed E-state index contributed by atoms with van der Waals surface area (Å²) in [6.45, 7) is 13.5. The number of nitrogen functional groups attached to an aromatic ring is 1. The van der Waals surface area contributed by atoms with Gasteiger partial charge in [-0.15, -0.1) is 0 Å². The van der Waals surface area contributed by atoms with Gasteiger partial charge in [0.05, 0.1) is 11.4 Å². The van der Waals surface area contributed by atoms with Crippen LogP contribution in [0.3, 0.4) is 0 Å². The first-order valence-electron chi connectivity index (χ1n) is 9.66. The minimum absolute atomic E-state index is 0.125. The summed E-state index contributed by atoms with van der Waals surface area (Å²) in [5.41, 5.74) is 9.31. The van der Waals surface area contributed by atoms with Crippen molar-refractivity contribution in [1.29, 1.82) is 0 Å². The lowest BCUT2D eigenvalue weighted by atomic mass is 9.98. The first kappa shape index (κ1) is 19.6. The molecule has 1 saturated heterocycles. The van der Waals surface area contributed by atoms with E-state index in [1.165, 1.54) is 12.8 Å². The molecule has 0 aliphatic carbocycles.